The van der Waals surface area contributed by atoms with Crippen LogP contribution in [0.5, 0.6) is 0 Å². The standard InChI is InChI=1S/C9H11N5/c1-6-3-9(12-5-11-6)14-4-8(10)7(2)13-14/h3-5H,10H2,1-2H3. The van der Waals surface area contributed by atoms with Crippen molar-refractivity contribution >= 4 is 5.69 Å². The number of nitrogens with zero attached hydrogens (tertiary/aromatic N) is 4. The van der Waals surface area contributed by atoms with Crippen molar-refractivity contribution in [2.45, 2.75) is 13.8 Å². The highest BCUT2D eigenvalue weighted by Gasteiger charge is 2.03. The quantitative estimate of drug-likeness (QED) is 0.722. The maximum absolute atomic E-state index is 5.69. The van der Waals surface area contributed by atoms with E-state index in [0.717, 1.165) is 17.2 Å². The maximum Gasteiger partial charge on any atom is 0.157 e. The lowest BCUT2D eigenvalue weighted by molar-refractivity contribution is 0.822. The lowest BCUT2D eigenvalue weighted by Crippen LogP contribution is -1.99. The van der Waals surface area contributed by atoms with Gasteiger partial charge in [-0.2, -0.15) is 5.10 Å². The van der Waals surface area contributed by atoms with E-state index in [1.807, 2.05) is 19.9 Å². The van der Waals surface area contributed by atoms with E-state index in [-0.39, 0.29) is 0 Å². The van der Waals surface area contributed by atoms with E-state index in [0.29, 0.717) is 5.69 Å². The van der Waals surface area contributed by atoms with Crippen LogP contribution in [0.3, 0.4) is 0 Å². The zero-order valence-electron chi connectivity index (χ0n) is 8.10. The molecule has 0 unspecified atom stereocenters. The highest BCUT2D eigenvalue weighted by molar-refractivity contribution is 5.42. The molecule has 0 aromatic carbocycles. The second kappa shape index (κ2) is 3.10. The van der Waals surface area contributed by atoms with Gasteiger partial charge in [0.05, 0.1) is 17.6 Å². The third kappa shape index (κ3) is 1.44. The summed E-state index contributed by atoms with van der Waals surface area (Å²) in [5, 5.41) is 4.22. The monoisotopic (exact) mass is 189 g/mol. The molecule has 0 saturated carbocycles. The van der Waals surface area contributed by atoms with Crippen molar-refractivity contribution in [3.8, 4) is 5.82 Å². The maximum atomic E-state index is 5.69. The summed E-state index contributed by atoms with van der Waals surface area (Å²) in [7, 11) is 0. The van der Waals surface area contributed by atoms with Crippen molar-refractivity contribution in [3.63, 3.8) is 0 Å². The molecule has 0 amide bonds. The summed E-state index contributed by atoms with van der Waals surface area (Å²) in [6, 6.07) is 1.85. The molecule has 0 spiro atoms. The Kier molecular flexibility index (Phi) is 1.92. The molecule has 0 atom stereocenters. The van der Waals surface area contributed by atoms with Crippen LogP contribution in [0.25, 0.3) is 5.82 Å². The first-order valence-electron chi connectivity index (χ1n) is 4.27. The second-order valence-corrected chi connectivity index (χ2v) is 3.13. The van der Waals surface area contributed by atoms with E-state index in [9.17, 15) is 0 Å². The number of rotatable bonds is 1. The van der Waals surface area contributed by atoms with Gasteiger partial charge in [0, 0.05) is 11.8 Å². The summed E-state index contributed by atoms with van der Waals surface area (Å²) in [5.74, 6) is 0.734. The fourth-order valence-electron chi connectivity index (χ4n) is 1.16. The molecule has 72 valence electrons. The third-order valence-corrected chi connectivity index (χ3v) is 1.96. The molecule has 0 saturated heterocycles. The third-order valence-electron chi connectivity index (χ3n) is 1.96. The van der Waals surface area contributed by atoms with Crippen LogP contribution in [0.2, 0.25) is 0 Å². The van der Waals surface area contributed by atoms with Gasteiger partial charge in [-0.1, -0.05) is 0 Å². The Morgan fingerprint density at radius 2 is 2.07 bits per heavy atom. The highest BCUT2D eigenvalue weighted by atomic mass is 15.3. The molecule has 0 aliphatic heterocycles. The SMILES string of the molecule is Cc1cc(-n2cc(N)c(C)n2)ncn1. The van der Waals surface area contributed by atoms with Gasteiger partial charge in [0.1, 0.15) is 6.33 Å². The van der Waals surface area contributed by atoms with Crippen molar-refractivity contribution < 1.29 is 0 Å². The minimum atomic E-state index is 0.668. The number of aryl methyl sites for hydroxylation is 2. The smallest absolute Gasteiger partial charge is 0.157 e. The number of hydrogen-bond donors (Lipinski definition) is 1. The molecule has 5 heteroatoms. The highest BCUT2D eigenvalue weighted by Crippen LogP contribution is 2.11. The molecule has 0 aliphatic rings. The summed E-state index contributed by atoms with van der Waals surface area (Å²) in [6.07, 6.45) is 3.26. The summed E-state index contributed by atoms with van der Waals surface area (Å²) >= 11 is 0. The molecule has 0 bridgehead atoms. The van der Waals surface area contributed by atoms with Crippen molar-refractivity contribution in [2.24, 2.45) is 0 Å². The molecule has 2 heterocycles. The van der Waals surface area contributed by atoms with Crippen LogP contribution in [0.4, 0.5) is 5.69 Å². The first kappa shape index (κ1) is 8.68. The minimum Gasteiger partial charge on any atom is -0.396 e. The average Bonchev–Trinajstić information content (AvgIpc) is 2.47. The van der Waals surface area contributed by atoms with E-state index in [1.54, 1.807) is 10.9 Å². The number of anilines is 1. The fourth-order valence-corrected chi connectivity index (χ4v) is 1.16. The van der Waals surface area contributed by atoms with Gasteiger partial charge < -0.3 is 5.73 Å². The van der Waals surface area contributed by atoms with Crippen LogP contribution in [-0.2, 0) is 0 Å². The minimum absolute atomic E-state index is 0.668. The Morgan fingerprint density at radius 1 is 1.29 bits per heavy atom. The van der Waals surface area contributed by atoms with Crippen LogP contribution in [0, 0.1) is 13.8 Å². The molecule has 0 aliphatic carbocycles. The Morgan fingerprint density at radius 3 is 2.64 bits per heavy atom. The molecule has 5 nitrogen and oxygen atoms in total. The van der Waals surface area contributed by atoms with Gasteiger partial charge in [-0.25, -0.2) is 14.6 Å². The largest absolute Gasteiger partial charge is 0.396 e. The summed E-state index contributed by atoms with van der Waals surface area (Å²) in [6.45, 7) is 3.77. The Bertz CT molecular complexity index is 440. The summed E-state index contributed by atoms with van der Waals surface area (Å²) < 4.78 is 1.65. The first-order chi connectivity index (χ1) is 6.66. The van der Waals surface area contributed by atoms with Gasteiger partial charge in [0.25, 0.3) is 0 Å². The molecule has 14 heavy (non-hydrogen) atoms. The van der Waals surface area contributed by atoms with Gasteiger partial charge in [0.15, 0.2) is 5.82 Å². The number of hydrogen-bond acceptors (Lipinski definition) is 4. The molecular formula is C9H11N5. The Hall–Kier alpha value is -1.91. The van der Waals surface area contributed by atoms with Crippen molar-refractivity contribution in [1.82, 2.24) is 19.7 Å². The zero-order valence-corrected chi connectivity index (χ0v) is 8.10. The normalized spacial score (nSPS) is 10.4. The van der Waals surface area contributed by atoms with Crippen molar-refractivity contribution in [3.05, 3.63) is 30.0 Å². The Labute approximate surface area is 81.6 Å². The first-order valence-corrected chi connectivity index (χ1v) is 4.27. The number of aromatic nitrogens is 4. The number of nitrogen functional groups attached to an aromatic ring is 1. The van der Waals surface area contributed by atoms with E-state index in [4.69, 9.17) is 5.73 Å². The van der Waals surface area contributed by atoms with Gasteiger partial charge in [-0.3, -0.25) is 0 Å². The van der Waals surface area contributed by atoms with Gasteiger partial charge >= 0.3 is 0 Å². The summed E-state index contributed by atoms with van der Waals surface area (Å²) in [4.78, 5) is 8.11. The van der Waals surface area contributed by atoms with Crippen LogP contribution >= 0.6 is 0 Å². The van der Waals surface area contributed by atoms with E-state index >= 15 is 0 Å². The van der Waals surface area contributed by atoms with Crippen molar-refractivity contribution in [1.29, 1.82) is 0 Å². The van der Waals surface area contributed by atoms with Crippen LogP contribution in [-0.4, -0.2) is 19.7 Å². The molecular weight excluding hydrogens is 178 g/mol. The topological polar surface area (TPSA) is 69.6 Å². The summed E-state index contributed by atoms with van der Waals surface area (Å²) in [5.41, 5.74) is 8.07. The van der Waals surface area contributed by atoms with E-state index < -0.39 is 0 Å². The second-order valence-electron chi connectivity index (χ2n) is 3.13. The molecule has 2 aromatic heterocycles. The van der Waals surface area contributed by atoms with Gasteiger partial charge in [0.2, 0.25) is 0 Å². The average molecular weight is 189 g/mol. The lowest BCUT2D eigenvalue weighted by Gasteiger charge is -1.99. The predicted molar refractivity (Wildman–Crippen MR) is 53.0 cm³/mol. The predicted octanol–water partition coefficient (Wildman–Crippen LogP) is 0.861. The van der Waals surface area contributed by atoms with Crippen LogP contribution in [0.15, 0.2) is 18.6 Å². The van der Waals surface area contributed by atoms with E-state index in [2.05, 4.69) is 15.1 Å². The van der Waals surface area contributed by atoms with Crippen LogP contribution < -0.4 is 5.73 Å². The molecule has 2 aromatic rings. The molecule has 2 N–H and O–H groups in total. The molecule has 2 rings (SSSR count). The number of nitrogens with two attached hydrogens (primary N) is 1. The molecule has 0 radical (unpaired) electrons. The molecule has 0 fully saturated rings. The van der Waals surface area contributed by atoms with Crippen molar-refractivity contribution in [2.75, 3.05) is 5.73 Å². The fraction of sp³-hybridized carbons (Fsp3) is 0.222. The lowest BCUT2D eigenvalue weighted by atomic mass is 10.4. The van der Waals surface area contributed by atoms with Gasteiger partial charge in [-0.15, -0.1) is 0 Å². The van der Waals surface area contributed by atoms with Gasteiger partial charge in [-0.05, 0) is 13.8 Å². The van der Waals surface area contributed by atoms with Crippen LogP contribution in [0.1, 0.15) is 11.4 Å². The zero-order chi connectivity index (χ0) is 10.1. The Balaban J connectivity index is 2.49. The van der Waals surface area contributed by atoms with E-state index in [1.165, 1.54) is 6.33 Å².